The van der Waals surface area contributed by atoms with Crippen molar-refractivity contribution in [2.24, 2.45) is 0 Å². The summed E-state index contributed by atoms with van der Waals surface area (Å²) < 4.78 is 0. The van der Waals surface area contributed by atoms with Crippen molar-refractivity contribution < 1.29 is 14.7 Å². The average molecular weight is 187 g/mol. The van der Waals surface area contributed by atoms with Crippen LogP contribution in [0.5, 0.6) is 0 Å². The quantitative estimate of drug-likeness (QED) is 0.684. The molecule has 1 fully saturated rings. The highest BCUT2D eigenvalue weighted by atomic mass is 16.8. The lowest BCUT2D eigenvalue weighted by molar-refractivity contribution is -0.203. The van der Waals surface area contributed by atoms with Crippen LogP contribution in [0.4, 0.5) is 4.79 Å². The second-order valence-electron chi connectivity index (χ2n) is 4.78. The molecule has 0 aromatic heterocycles. The van der Waals surface area contributed by atoms with Crippen LogP contribution in [-0.4, -0.2) is 27.4 Å². The molecule has 1 aliphatic heterocycles. The SMILES string of the molecule is CC1(C)CCC(C)(C)N1OC(=O)O. The summed E-state index contributed by atoms with van der Waals surface area (Å²) in [5.41, 5.74) is -0.385. The fourth-order valence-corrected chi connectivity index (χ4v) is 1.96. The van der Waals surface area contributed by atoms with Gasteiger partial charge in [0.15, 0.2) is 0 Å². The summed E-state index contributed by atoms with van der Waals surface area (Å²) in [7, 11) is 0. The third-order valence-electron chi connectivity index (χ3n) is 2.62. The molecular weight excluding hydrogens is 170 g/mol. The molecule has 1 heterocycles. The molecule has 1 saturated heterocycles. The van der Waals surface area contributed by atoms with E-state index in [0.717, 1.165) is 12.8 Å². The highest BCUT2D eigenvalue weighted by molar-refractivity contribution is 5.56. The molecule has 1 rings (SSSR count). The van der Waals surface area contributed by atoms with Gasteiger partial charge in [-0.25, -0.2) is 4.79 Å². The van der Waals surface area contributed by atoms with Crippen molar-refractivity contribution >= 4 is 6.16 Å². The maximum atomic E-state index is 10.5. The van der Waals surface area contributed by atoms with Gasteiger partial charge in [0.2, 0.25) is 0 Å². The number of hydrogen-bond donors (Lipinski definition) is 1. The first-order valence-electron chi connectivity index (χ1n) is 4.47. The maximum Gasteiger partial charge on any atom is 0.525 e. The van der Waals surface area contributed by atoms with Crippen LogP contribution in [-0.2, 0) is 4.84 Å². The number of rotatable bonds is 1. The summed E-state index contributed by atoms with van der Waals surface area (Å²) in [5, 5.41) is 10.2. The Morgan fingerprint density at radius 2 is 1.62 bits per heavy atom. The van der Waals surface area contributed by atoms with Gasteiger partial charge in [0.25, 0.3) is 0 Å². The van der Waals surface area contributed by atoms with E-state index in [1.165, 1.54) is 0 Å². The summed E-state index contributed by atoms with van der Waals surface area (Å²) in [5.74, 6) is 0. The Hall–Kier alpha value is -0.770. The van der Waals surface area contributed by atoms with Gasteiger partial charge in [-0.15, -0.1) is 5.06 Å². The third-order valence-corrected chi connectivity index (χ3v) is 2.62. The predicted octanol–water partition coefficient (Wildman–Crippen LogP) is 2.25. The Morgan fingerprint density at radius 1 is 1.23 bits per heavy atom. The molecule has 1 aliphatic rings. The van der Waals surface area contributed by atoms with Crippen LogP contribution in [0.25, 0.3) is 0 Å². The lowest BCUT2D eigenvalue weighted by Gasteiger charge is -2.36. The summed E-state index contributed by atoms with van der Waals surface area (Å²) in [6, 6.07) is 0. The van der Waals surface area contributed by atoms with Crippen molar-refractivity contribution in [3.63, 3.8) is 0 Å². The molecule has 0 amide bonds. The van der Waals surface area contributed by atoms with Gasteiger partial charge in [-0.2, -0.15) is 0 Å². The maximum absolute atomic E-state index is 10.5. The van der Waals surface area contributed by atoms with Crippen LogP contribution in [0.15, 0.2) is 0 Å². The number of carbonyl (C=O) groups is 1. The van der Waals surface area contributed by atoms with Crippen LogP contribution in [0.1, 0.15) is 40.5 Å². The molecule has 0 aromatic carbocycles. The standard InChI is InChI=1S/C9H17NO3/c1-8(2)5-6-9(3,4)10(8)13-7(11)12/h5-6H2,1-4H3,(H,11,12). The second-order valence-corrected chi connectivity index (χ2v) is 4.78. The first-order valence-corrected chi connectivity index (χ1v) is 4.47. The van der Waals surface area contributed by atoms with Crippen molar-refractivity contribution in [1.29, 1.82) is 0 Å². The summed E-state index contributed by atoms with van der Waals surface area (Å²) in [6.45, 7) is 7.96. The highest BCUT2D eigenvalue weighted by Crippen LogP contribution is 2.40. The Labute approximate surface area is 78.4 Å². The van der Waals surface area contributed by atoms with Gasteiger partial charge in [0.1, 0.15) is 0 Å². The molecule has 0 aromatic rings. The van der Waals surface area contributed by atoms with E-state index >= 15 is 0 Å². The molecule has 4 heteroatoms. The van der Waals surface area contributed by atoms with Crippen LogP contribution < -0.4 is 0 Å². The number of hydroxylamine groups is 2. The molecule has 0 aliphatic carbocycles. The van der Waals surface area contributed by atoms with Gasteiger partial charge in [-0.1, -0.05) is 0 Å². The Kier molecular flexibility index (Phi) is 2.28. The molecule has 0 unspecified atom stereocenters. The number of nitrogens with zero attached hydrogens (tertiary/aromatic N) is 1. The van der Waals surface area contributed by atoms with E-state index in [1.54, 1.807) is 5.06 Å². The van der Waals surface area contributed by atoms with Gasteiger partial charge in [-0.05, 0) is 40.5 Å². The molecular formula is C9H17NO3. The Morgan fingerprint density at radius 3 is 1.92 bits per heavy atom. The zero-order chi connectivity index (χ0) is 10.3. The van der Waals surface area contributed by atoms with E-state index in [9.17, 15) is 4.79 Å². The van der Waals surface area contributed by atoms with Crippen LogP contribution in [0, 0.1) is 0 Å². The van der Waals surface area contributed by atoms with Gasteiger partial charge >= 0.3 is 6.16 Å². The summed E-state index contributed by atoms with van der Waals surface area (Å²) >= 11 is 0. The molecule has 13 heavy (non-hydrogen) atoms. The van der Waals surface area contributed by atoms with Gasteiger partial charge in [-0.3, -0.25) is 0 Å². The number of hydrogen-bond acceptors (Lipinski definition) is 3. The van der Waals surface area contributed by atoms with E-state index < -0.39 is 6.16 Å². The van der Waals surface area contributed by atoms with Gasteiger partial charge in [0.05, 0.1) is 11.1 Å². The summed E-state index contributed by atoms with van der Waals surface area (Å²) in [4.78, 5) is 15.3. The van der Waals surface area contributed by atoms with Crippen molar-refractivity contribution in [2.45, 2.75) is 51.6 Å². The summed E-state index contributed by atoms with van der Waals surface area (Å²) in [6.07, 6.45) is 0.670. The molecule has 0 atom stereocenters. The fourth-order valence-electron chi connectivity index (χ4n) is 1.96. The second kappa shape index (κ2) is 2.87. The first kappa shape index (κ1) is 10.3. The fraction of sp³-hybridized carbons (Fsp3) is 0.889. The van der Waals surface area contributed by atoms with E-state index in [2.05, 4.69) is 0 Å². The lowest BCUT2D eigenvalue weighted by Crippen LogP contribution is -2.48. The van der Waals surface area contributed by atoms with Crippen molar-refractivity contribution in [1.82, 2.24) is 5.06 Å². The molecule has 4 nitrogen and oxygen atoms in total. The van der Waals surface area contributed by atoms with Crippen molar-refractivity contribution in [3.8, 4) is 0 Å². The largest absolute Gasteiger partial charge is 0.525 e. The molecule has 76 valence electrons. The normalized spacial score (nSPS) is 25.8. The van der Waals surface area contributed by atoms with Gasteiger partial charge < -0.3 is 9.94 Å². The third kappa shape index (κ3) is 1.94. The minimum absolute atomic E-state index is 0.193. The van der Waals surface area contributed by atoms with E-state index in [1.807, 2.05) is 27.7 Å². The minimum atomic E-state index is -1.23. The molecule has 1 N–H and O–H groups in total. The first-order chi connectivity index (χ1) is 5.76. The minimum Gasteiger partial charge on any atom is -0.448 e. The zero-order valence-corrected chi connectivity index (χ0v) is 8.63. The molecule has 0 radical (unpaired) electrons. The van der Waals surface area contributed by atoms with Crippen LogP contribution in [0.3, 0.4) is 0 Å². The lowest BCUT2D eigenvalue weighted by atomic mass is 10.0. The topological polar surface area (TPSA) is 49.8 Å². The zero-order valence-electron chi connectivity index (χ0n) is 8.63. The predicted molar refractivity (Wildman–Crippen MR) is 48.3 cm³/mol. The number of carboxylic acid groups (broad SMARTS) is 1. The smallest absolute Gasteiger partial charge is 0.448 e. The highest BCUT2D eigenvalue weighted by Gasteiger charge is 2.47. The van der Waals surface area contributed by atoms with E-state index in [0.29, 0.717) is 0 Å². The monoisotopic (exact) mass is 187 g/mol. The van der Waals surface area contributed by atoms with E-state index in [-0.39, 0.29) is 11.1 Å². The van der Waals surface area contributed by atoms with Crippen molar-refractivity contribution in [2.75, 3.05) is 0 Å². The average Bonchev–Trinajstić information content (AvgIpc) is 2.12. The molecule has 0 bridgehead atoms. The van der Waals surface area contributed by atoms with Crippen molar-refractivity contribution in [3.05, 3.63) is 0 Å². The Balaban J connectivity index is 2.81. The molecule has 0 saturated carbocycles. The molecule has 0 spiro atoms. The van der Waals surface area contributed by atoms with Crippen LogP contribution in [0.2, 0.25) is 0 Å². The van der Waals surface area contributed by atoms with E-state index in [4.69, 9.17) is 9.94 Å². The van der Waals surface area contributed by atoms with Gasteiger partial charge in [0, 0.05) is 0 Å². The Bertz CT molecular complexity index is 207. The van der Waals surface area contributed by atoms with Crippen LogP contribution >= 0.6 is 0 Å².